The average Bonchev–Trinajstić information content (AvgIpc) is 2.29. The molecule has 0 aromatic rings. The van der Waals surface area contributed by atoms with Gasteiger partial charge in [-0.15, -0.1) is 36.3 Å². The van der Waals surface area contributed by atoms with Crippen molar-refractivity contribution in [2.45, 2.75) is 39.0 Å². The topological polar surface area (TPSA) is 41.6 Å². The number of unbranched alkanes of at least 4 members (excludes halogenated alkanes) is 2. The summed E-state index contributed by atoms with van der Waals surface area (Å²) < 4.78 is 0. The summed E-state index contributed by atoms with van der Waals surface area (Å²) in [6, 6.07) is 0. The van der Waals surface area contributed by atoms with Crippen LogP contribution in [0.1, 0.15) is 39.0 Å². The predicted molar refractivity (Wildman–Crippen MR) is 84.6 cm³/mol. The quantitative estimate of drug-likeness (QED) is 0.279. The van der Waals surface area contributed by atoms with E-state index in [1.54, 1.807) is 0 Å². The van der Waals surface area contributed by atoms with E-state index in [9.17, 15) is 0 Å². The molecule has 0 aromatic heterocycles. The zero-order valence-electron chi connectivity index (χ0n) is 10.7. The highest BCUT2D eigenvalue weighted by atomic mass is 127. The molecule has 4 heteroatoms. The van der Waals surface area contributed by atoms with Gasteiger partial charge >= 0.3 is 0 Å². The lowest BCUT2D eigenvalue weighted by molar-refractivity contribution is 0.277. The fourth-order valence-corrected chi connectivity index (χ4v) is 1.87. The average molecular weight is 349 g/mol. The van der Waals surface area contributed by atoms with Gasteiger partial charge in [-0.05, 0) is 31.6 Å². The maximum absolute atomic E-state index is 5.94. The number of nitrogens with two attached hydrogens (primary N) is 1. The smallest absolute Gasteiger partial charge is 0.191 e. The van der Waals surface area contributed by atoms with E-state index < -0.39 is 0 Å². The highest BCUT2D eigenvalue weighted by molar-refractivity contribution is 14.0. The molecule has 98 valence electrons. The van der Waals surface area contributed by atoms with E-state index in [1.807, 2.05) is 0 Å². The van der Waals surface area contributed by atoms with Gasteiger partial charge in [0.15, 0.2) is 5.96 Å². The largest absolute Gasteiger partial charge is 0.370 e. The minimum absolute atomic E-state index is 0. The number of piperidine rings is 1. The van der Waals surface area contributed by atoms with Crippen LogP contribution < -0.4 is 5.73 Å². The van der Waals surface area contributed by atoms with E-state index in [0.717, 1.165) is 44.8 Å². The summed E-state index contributed by atoms with van der Waals surface area (Å²) in [7, 11) is 0. The Hall–Kier alpha value is -0.440. The van der Waals surface area contributed by atoms with Crippen molar-refractivity contribution in [3.63, 3.8) is 0 Å². The molecule has 0 atom stereocenters. The second-order valence-corrected chi connectivity index (χ2v) is 4.57. The van der Waals surface area contributed by atoms with Crippen molar-refractivity contribution in [2.24, 2.45) is 16.6 Å². The number of guanidine groups is 1. The fourth-order valence-electron chi connectivity index (χ4n) is 1.87. The van der Waals surface area contributed by atoms with Crippen LogP contribution in [0.25, 0.3) is 0 Å². The molecule has 1 rings (SSSR count). The summed E-state index contributed by atoms with van der Waals surface area (Å²) in [5.74, 6) is 4.18. The first-order chi connectivity index (χ1) is 7.74. The number of halogens is 1. The second-order valence-electron chi connectivity index (χ2n) is 4.57. The van der Waals surface area contributed by atoms with Crippen molar-refractivity contribution >= 4 is 29.9 Å². The Morgan fingerprint density at radius 1 is 1.41 bits per heavy atom. The third kappa shape index (κ3) is 6.77. The maximum atomic E-state index is 5.94. The molecule has 0 unspecified atom stereocenters. The molecule has 17 heavy (non-hydrogen) atoms. The number of terminal acetylenes is 1. The first-order valence-electron chi connectivity index (χ1n) is 6.22. The third-order valence-electron chi connectivity index (χ3n) is 3.11. The molecule has 0 saturated carbocycles. The van der Waals surface area contributed by atoms with E-state index >= 15 is 0 Å². The van der Waals surface area contributed by atoms with Crippen LogP contribution in [0.5, 0.6) is 0 Å². The molecule has 0 aliphatic carbocycles. The van der Waals surface area contributed by atoms with Gasteiger partial charge in [-0.25, -0.2) is 0 Å². The van der Waals surface area contributed by atoms with Crippen molar-refractivity contribution < 1.29 is 0 Å². The molecule has 1 aliphatic heterocycles. The van der Waals surface area contributed by atoms with Gasteiger partial charge in [0, 0.05) is 26.1 Å². The predicted octanol–water partition coefficient (Wildman–Crippen LogP) is 2.45. The Kier molecular flexibility index (Phi) is 9.33. The number of aliphatic imine (C=N–C) groups is 1. The molecule has 0 bridgehead atoms. The monoisotopic (exact) mass is 349 g/mol. The van der Waals surface area contributed by atoms with Crippen molar-refractivity contribution in [1.29, 1.82) is 0 Å². The number of hydrogen-bond donors (Lipinski definition) is 1. The minimum Gasteiger partial charge on any atom is -0.370 e. The summed E-state index contributed by atoms with van der Waals surface area (Å²) in [4.78, 5) is 6.59. The Morgan fingerprint density at radius 2 is 2.06 bits per heavy atom. The highest BCUT2D eigenvalue weighted by Gasteiger charge is 2.16. The van der Waals surface area contributed by atoms with E-state index in [2.05, 4.69) is 22.7 Å². The van der Waals surface area contributed by atoms with Crippen LogP contribution in [-0.2, 0) is 0 Å². The lowest BCUT2D eigenvalue weighted by atomic mass is 10.00. The van der Waals surface area contributed by atoms with E-state index in [1.165, 1.54) is 12.8 Å². The normalized spacial score (nSPS) is 17.4. The molecule has 0 spiro atoms. The standard InChI is InChI=1S/C13H23N3.HI/c1-3-4-5-6-9-15-13(14)16-10-7-12(2)8-11-16;/h1,12H,4-11H2,2H3,(H2,14,15);1H. The van der Waals surface area contributed by atoms with Gasteiger partial charge in [-0.3, -0.25) is 4.99 Å². The van der Waals surface area contributed by atoms with Gasteiger partial charge in [-0.1, -0.05) is 6.92 Å². The van der Waals surface area contributed by atoms with Crippen LogP contribution in [0.4, 0.5) is 0 Å². The zero-order valence-corrected chi connectivity index (χ0v) is 13.0. The third-order valence-corrected chi connectivity index (χ3v) is 3.11. The zero-order chi connectivity index (χ0) is 11.8. The van der Waals surface area contributed by atoms with Crippen molar-refractivity contribution in [2.75, 3.05) is 19.6 Å². The van der Waals surface area contributed by atoms with Crippen LogP contribution in [0.15, 0.2) is 4.99 Å². The van der Waals surface area contributed by atoms with Crippen LogP contribution in [0.3, 0.4) is 0 Å². The Labute approximate surface area is 122 Å². The lowest BCUT2D eigenvalue weighted by Crippen LogP contribution is -2.42. The number of rotatable bonds is 4. The van der Waals surface area contributed by atoms with E-state index in [-0.39, 0.29) is 24.0 Å². The number of nitrogens with zero attached hydrogens (tertiary/aromatic N) is 2. The molecule has 2 N–H and O–H groups in total. The molecular formula is C13H24IN3. The van der Waals surface area contributed by atoms with E-state index in [4.69, 9.17) is 12.2 Å². The summed E-state index contributed by atoms with van der Waals surface area (Å²) in [5, 5.41) is 0. The minimum atomic E-state index is 0. The molecular weight excluding hydrogens is 325 g/mol. The van der Waals surface area contributed by atoms with Gasteiger partial charge in [-0.2, -0.15) is 0 Å². The Balaban J connectivity index is 0.00000256. The molecule has 1 saturated heterocycles. The van der Waals surface area contributed by atoms with E-state index in [0.29, 0.717) is 5.96 Å². The summed E-state index contributed by atoms with van der Waals surface area (Å²) in [6.45, 7) is 5.21. The maximum Gasteiger partial charge on any atom is 0.191 e. The first kappa shape index (κ1) is 16.6. The Bertz CT molecular complexity index is 262. The SMILES string of the molecule is C#CCCCCN=C(N)N1CCC(C)CC1.I. The number of hydrogen-bond acceptors (Lipinski definition) is 1. The molecule has 3 nitrogen and oxygen atoms in total. The van der Waals surface area contributed by atoms with Crippen LogP contribution in [0, 0.1) is 18.3 Å². The lowest BCUT2D eigenvalue weighted by Gasteiger charge is -2.31. The van der Waals surface area contributed by atoms with Gasteiger partial charge < -0.3 is 10.6 Å². The van der Waals surface area contributed by atoms with Gasteiger partial charge in [0.05, 0.1) is 0 Å². The van der Waals surface area contributed by atoms with Gasteiger partial charge in [0.1, 0.15) is 0 Å². The van der Waals surface area contributed by atoms with Crippen molar-refractivity contribution in [1.82, 2.24) is 4.90 Å². The van der Waals surface area contributed by atoms with Crippen LogP contribution >= 0.6 is 24.0 Å². The molecule has 1 heterocycles. The van der Waals surface area contributed by atoms with Crippen molar-refractivity contribution in [3.05, 3.63) is 0 Å². The van der Waals surface area contributed by atoms with Crippen LogP contribution in [-0.4, -0.2) is 30.5 Å². The first-order valence-corrected chi connectivity index (χ1v) is 6.22. The highest BCUT2D eigenvalue weighted by Crippen LogP contribution is 2.15. The Morgan fingerprint density at radius 3 is 2.65 bits per heavy atom. The van der Waals surface area contributed by atoms with Gasteiger partial charge in [0.25, 0.3) is 0 Å². The molecule has 0 amide bonds. The fraction of sp³-hybridized carbons (Fsp3) is 0.769. The summed E-state index contributed by atoms with van der Waals surface area (Å²) in [6.07, 6.45) is 10.6. The molecule has 1 aliphatic rings. The molecule has 1 fully saturated rings. The molecule has 0 aromatic carbocycles. The summed E-state index contributed by atoms with van der Waals surface area (Å²) >= 11 is 0. The summed E-state index contributed by atoms with van der Waals surface area (Å²) in [5.41, 5.74) is 5.94. The second kappa shape index (κ2) is 9.58. The van der Waals surface area contributed by atoms with Crippen LogP contribution in [0.2, 0.25) is 0 Å². The van der Waals surface area contributed by atoms with Crippen molar-refractivity contribution in [3.8, 4) is 12.3 Å². The molecule has 0 radical (unpaired) electrons. The number of likely N-dealkylation sites (tertiary alicyclic amines) is 1. The van der Waals surface area contributed by atoms with Gasteiger partial charge in [0.2, 0.25) is 0 Å².